The van der Waals surface area contributed by atoms with E-state index in [1.807, 2.05) is 0 Å². The Bertz CT molecular complexity index is 1570. The van der Waals surface area contributed by atoms with E-state index in [0.29, 0.717) is 16.9 Å². The second kappa shape index (κ2) is 11.7. The van der Waals surface area contributed by atoms with Gasteiger partial charge in [0.05, 0.1) is 18.2 Å². The van der Waals surface area contributed by atoms with Crippen LogP contribution in [0.15, 0.2) is 91.0 Å². The molecule has 4 N–H and O–H groups in total. The fourth-order valence-corrected chi connectivity index (χ4v) is 3.60. The van der Waals surface area contributed by atoms with Gasteiger partial charge in [-0.3, -0.25) is 9.59 Å². The Labute approximate surface area is 224 Å². The van der Waals surface area contributed by atoms with Crippen LogP contribution in [-0.4, -0.2) is 39.1 Å². The number of rotatable bonds is 9. The number of carbonyl (C=O) groups is 2. The van der Waals surface area contributed by atoms with Crippen molar-refractivity contribution in [2.75, 3.05) is 7.11 Å². The molecule has 0 amide bonds. The third-order valence-corrected chi connectivity index (χ3v) is 5.65. The SMILES string of the molecule is COc1cc(O)c(C(=O)C=Cc2ccc(O)cc2)cc1Oc1ccc(C=CC(=O)c2ccc(O)cc2O)cc1. The van der Waals surface area contributed by atoms with Gasteiger partial charge >= 0.3 is 0 Å². The van der Waals surface area contributed by atoms with E-state index in [1.54, 1.807) is 48.6 Å². The van der Waals surface area contributed by atoms with Gasteiger partial charge < -0.3 is 29.9 Å². The number of hydrogen-bond acceptors (Lipinski definition) is 8. The van der Waals surface area contributed by atoms with Crippen molar-refractivity contribution in [1.29, 1.82) is 0 Å². The molecule has 0 spiro atoms. The predicted octanol–water partition coefficient (Wildman–Crippen LogP) is 6.10. The molecule has 0 fully saturated rings. The summed E-state index contributed by atoms with van der Waals surface area (Å²) in [5.74, 6) is -0.675. The van der Waals surface area contributed by atoms with Gasteiger partial charge in [-0.1, -0.05) is 36.4 Å². The van der Waals surface area contributed by atoms with Crippen molar-refractivity contribution in [1.82, 2.24) is 0 Å². The Kier molecular flexibility index (Phi) is 7.97. The topological polar surface area (TPSA) is 134 Å². The maximum atomic E-state index is 12.8. The zero-order valence-electron chi connectivity index (χ0n) is 20.7. The van der Waals surface area contributed by atoms with E-state index in [9.17, 15) is 30.0 Å². The highest BCUT2D eigenvalue weighted by molar-refractivity contribution is 6.09. The van der Waals surface area contributed by atoms with Gasteiger partial charge in [-0.05, 0) is 65.7 Å². The number of carbonyl (C=O) groups excluding carboxylic acids is 2. The molecule has 0 saturated heterocycles. The summed E-state index contributed by atoms with van der Waals surface area (Å²) in [5.41, 5.74) is 1.45. The summed E-state index contributed by atoms with van der Waals surface area (Å²) >= 11 is 0. The van der Waals surface area contributed by atoms with Crippen molar-refractivity contribution in [3.63, 3.8) is 0 Å². The van der Waals surface area contributed by atoms with Crippen LogP contribution in [0.2, 0.25) is 0 Å². The second-order valence-electron chi connectivity index (χ2n) is 8.38. The summed E-state index contributed by atoms with van der Waals surface area (Å²) in [6.45, 7) is 0. The Balaban J connectivity index is 1.49. The monoisotopic (exact) mass is 524 g/mol. The van der Waals surface area contributed by atoms with Crippen LogP contribution in [0.25, 0.3) is 12.2 Å². The lowest BCUT2D eigenvalue weighted by Gasteiger charge is -2.13. The molecule has 0 aromatic heterocycles. The van der Waals surface area contributed by atoms with Crippen LogP contribution in [0.4, 0.5) is 0 Å². The average molecular weight is 525 g/mol. The number of hydrogen-bond donors (Lipinski definition) is 4. The number of methoxy groups -OCH3 is 1. The van der Waals surface area contributed by atoms with Crippen molar-refractivity contribution < 1.29 is 39.5 Å². The van der Waals surface area contributed by atoms with Crippen LogP contribution < -0.4 is 9.47 Å². The standard InChI is InChI=1S/C31H24O8/c1-38-30-18-29(37)25(27(35)15-7-19-2-8-21(32)9-3-19)17-31(30)39-23-11-4-20(5-12-23)6-14-26(34)24-13-10-22(33)16-28(24)36/h2-18,32-33,36-37H,1H3. The molecule has 0 atom stereocenters. The quantitative estimate of drug-likeness (QED) is 0.152. The minimum atomic E-state index is -0.460. The molecule has 0 aliphatic carbocycles. The van der Waals surface area contributed by atoms with Crippen LogP contribution in [-0.2, 0) is 0 Å². The average Bonchev–Trinajstić information content (AvgIpc) is 2.92. The second-order valence-corrected chi connectivity index (χ2v) is 8.38. The van der Waals surface area contributed by atoms with E-state index >= 15 is 0 Å². The van der Waals surface area contributed by atoms with E-state index in [1.165, 1.54) is 55.7 Å². The van der Waals surface area contributed by atoms with Crippen LogP contribution in [0.5, 0.6) is 40.2 Å². The molecule has 4 aromatic carbocycles. The summed E-state index contributed by atoms with van der Waals surface area (Å²) < 4.78 is 11.2. The third kappa shape index (κ3) is 6.64. The number of allylic oxidation sites excluding steroid dienone is 2. The fourth-order valence-electron chi connectivity index (χ4n) is 3.60. The molecule has 8 heteroatoms. The number of phenolic OH excluding ortho intramolecular Hbond substituents is 4. The Morgan fingerprint density at radius 1 is 0.615 bits per heavy atom. The first-order valence-corrected chi connectivity index (χ1v) is 11.7. The van der Waals surface area contributed by atoms with Gasteiger partial charge in [0.25, 0.3) is 0 Å². The van der Waals surface area contributed by atoms with Gasteiger partial charge in [-0.2, -0.15) is 0 Å². The molecule has 0 radical (unpaired) electrons. The summed E-state index contributed by atoms with van der Waals surface area (Å²) in [7, 11) is 1.41. The Hall–Kier alpha value is -5.50. The highest BCUT2D eigenvalue weighted by Gasteiger charge is 2.16. The van der Waals surface area contributed by atoms with Crippen LogP contribution in [0.1, 0.15) is 31.8 Å². The van der Waals surface area contributed by atoms with Crippen molar-refractivity contribution in [2.45, 2.75) is 0 Å². The molecule has 0 saturated carbocycles. The Morgan fingerprint density at radius 3 is 1.74 bits per heavy atom. The lowest BCUT2D eigenvalue weighted by Crippen LogP contribution is -1.98. The summed E-state index contributed by atoms with van der Waals surface area (Å²) in [6, 6.07) is 19.4. The maximum Gasteiger partial charge on any atom is 0.189 e. The van der Waals surface area contributed by atoms with Gasteiger partial charge in [-0.15, -0.1) is 0 Å². The molecule has 0 heterocycles. The molecular formula is C31H24O8. The van der Waals surface area contributed by atoms with Gasteiger partial charge in [0, 0.05) is 12.1 Å². The lowest BCUT2D eigenvalue weighted by molar-refractivity contribution is 0.103. The van der Waals surface area contributed by atoms with Crippen LogP contribution in [0, 0.1) is 0 Å². The molecule has 0 aliphatic heterocycles. The highest BCUT2D eigenvalue weighted by Crippen LogP contribution is 2.37. The molecule has 4 aromatic rings. The van der Waals surface area contributed by atoms with Gasteiger partial charge in [-0.25, -0.2) is 0 Å². The number of ketones is 2. The molecule has 0 unspecified atom stereocenters. The molecule has 0 bridgehead atoms. The van der Waals surface area contributed by atoms with Crippen molar-refractivity contribution in [3.05, 3.63) is 113 Å². The molecule has 196 valence electrons. The zero-order chi connectivity index (χ0) is 27.9. The van der Waals surface area contributed by atoms with Crippen molar-refractivity contribution in [2.24, 2.45) is 0 Å². The zero-order valence-corrected chi connectivity index (χ0v) is 20.7. The van der Waals surface area contributed by atoms with E-state index < -0.39 is 11.6 Å². The smallest absolute Gasteiger partial charge is 0.189 e. The minimum Gasteiger partial charge on any atom is -0.508 e. The van der Waals surface area contributed by atoms with Crippen LogP contribution in [0.3, 0.4) is 0 Å². The summed E-state index contributed by atoms with van der Waals surface area (Å²) in [5, 5.41) is 39.0. The first kappa shape index (κ1) is 26.6. The fraction of sp³-hybridized carbons (Fsp3) is 0.0323. The van der Waals surface area contributed by atoms with Gasteiger partial charge in [0.1, 0.15) is 28.7 Å². The number of benzene rings is 4. The van der Waals surface area contributed by atoms with E-state index in [-0.39, 0.29) is 45.6 Å². The van der Waals surface area contributed by atoms with E-state index in [0.717, 1.165) is 6.07 Å². The number of aromatic hydroxyl groups is 4. The van der Waals surface area contributed by atoms with Crippen molar-refractivity contribution >= 4 is 23.7 Å². The largest absolute Gasteiger partial charge is 0.508 e. The molecule has 4 rings (SSSR count). The predicted molar refractivity (Wildman–Crippen MR) is 146 cm³/mol. The molecule has 0 aliphatic rings. The number of ether oxygens (including phenoxy) is 2. The van der Waals surface area contributed by atoms with E-state index in [4.69, 9.17) is 9.47 Å². The normalized spacial score (nSPS) is 11.1. The van der Waals surface area contributed by atoms with Crippen molar-refractivity contribution in [3.8, 4) is 40.2 Å². The lowest BCUT2D eigenvalue weighted by atomic mass is 10.1. The highest BCUT2D eigenvalue weighted by atomic mass is 16.5. The van der Waals surface area contributed by atoms with E-state index in [2.05, 4.69) is 0 Å². The number of phenols is 4. The molecule has 39 heavy (non-hydrogen) atoms. The molecule has 8 nitrogen and oxygen atoms in total. The molecular weight excluding hydrogens is 500 g/mol. The first-order valence-electron chi connectivity index (χ1n) is 11.7. The Morgan fingerprint density at radius 2 is 1.15 bits per heavy atom. The first-order chi connectivity index (χ1) is 18.7. The van der Waals surface area contributed by atoms with Gasteiger partial charge in [0.2, 0.25) is 0 Å². The minimum absolute atomic E-state index is 0.0105. The maximum absolute atomic E-state index is 12.8. The summed E-state index contributed by atoms with van der Waals surface area (Å²) in [4.78, 5) is 25.1. The van der Waals surface area contributed by atoms with Gasteiger partial charge in [0.15, 0.2) is 23.1 Å². The van der Waals surface area contributed by atoms with Crippen LogP contribution >= 0.6 is 0 Å². The summed E-state index contributed by atoms with van der Waals surface area (Å²) in [6.07, 6.45) is 5.73. The third-order valence-electron chi connectivity index (χ3n) is 5.65.